The molecule has 3 aromatic carbocycles. The number of hydrogen-bond acceptors (Lipinski definition) is 6. The van der Waals surface area contributed by atoms with Crippen LogP contribution in [-0.2, 0) is 32.9 Å². The van der Waals surface area contributed by atoms with E-state index in [4.69, 9.17) is 4.74 Å². The Bertz CT molecular complexity index is 1680. The Morgan fingerprint density at radius 2 is 1.84 bits per heavy atom. The number of aromatic amines is 1. The minimum absolute atomic E-state index is 0.0173. The second kappa shape index (κ2) is 9.82. The zero-order valence-corrected chi connectivity index (χ0v) is 21.7. The molecule has 4 aromatic rings. The van der Waals surface area contributed by atoms with Gasteiger partial charge in [0.1, 0.15) is 10.6 Å². The number of rotatable bonds is 9. The lowest BCUT2D eigenvalue weighted by Gasteiger charge is -2.18. The monoisotopic (exact) mass is 541 g/mol. The number of anilines is 1. The molecule has 0 fully saturated rings. The van der Waals surface area contributed by atoms with Gasteiger partial charge in [0.05, 0.1) is 19.5 Å². The van der Waals surface area contributed by atoms with E-state index in [0.717, 1.165) is 28.3 Å². The van der Waals surface area contributed by atoms with Crippen molar-refractivity contribution < 1.29 is 26.7 Å². The standard InChI is InChI=1S/C26H27N3O6S2/c1-36(31,32)28-21-6-4-5-17(12-21)19-11-18-9-10-35-26(18)25(14-19)37(33,34)29-22(16-30)13-20-15-27-24-8-3-2-7-23(20)24/h2-8,11-12,14-15,22,27-30H,9-10,13,16H2,1H3/t22-/m1/s1. The van der Waals surface area contributed by atoms with E-state index in [9.17, 15) is 21.9 Å². The van der Waals surface area contributed by atoms with Crippen LogP contribution in [0.5, 0.6) is 5.75 Å². The topological polar surface area (TPSA) is 138 Å². The van der Waals surface area contributed by atoms with Crippen LogP contribution in [0.15, 0.2) is 71.8 Å². The minimum atomic E-state index is -4.08. The van der Waals surface area contributed by atoms with Crippen LogP contribution in [0.25, 0.3) is 22.0 Å². The molecule has 11 heteroatoms. The van der Waals surface area contributed by atoms with E-state index in [1.54, 1.807) is 24.3 Å². The maximum Gasteiger partial charge on any atom is 0.244 e. The summed E-state index contributed by atoms with van der Waals surface area (Å²) in [6.45, 7) is -0.0313. The summed E-state index contributed by atoms with van der Waals surface area (Å²) in [4.78, 5) is 3.15. The van der Waals surface area contributed by atoms with Crippen molar-refractivity contribution in [2.75, 3.05) is 24.2 Å². The summed E-state index contributed by atoms with van der Waals surface area (Å²) in [5.74, 6) is 0.297. The van der Waals surface area contributed by atoms with Crippen LogP contribution in [0.2, 0.25) is 0 Å². The number of aromatic nitrogens is 1. The van der Waals surface area contributed by atoms with Crippen LogP contribution >= 0.6 is 0 Å². The first-order chi connectivity index (χ1) is 17.6. The van der Waals surface area contributed by atoms with E-state index in [1.807, 2.05) is 36.5 Å². The van der Waals surface area contributed by atoms with Gasteiger partial charge in [-0.1, -0.05) is 30.3 Å². The van der Waals surface area contributed by atoms with Crippen molar-refractivity contribution in [3.05, 3.63) is 78.0 Å². The fourth-order valence-corrected chi connectivity index (χ4v) is 6.60. The molecule has 9 nitrogen and oxygen atoms in total. The van der Waals surface area contributed by atoms with Gasteiger partial charge in [0.25, 0.3) is 0 Å². The molecule has 1 aliphatic rings. The van der Waals surface area contributed by atoms with Crippen LogP contribution < -0.4 is 14.2 Å². The molecule has 5 rings (SSSR count). The number of aliphatic hydroxyl groups excluding tert-OH is 1. The molecule has 1 aromatic heterocycles. The van der Waals surface area contributed by atoms with Gasteiger partial charge in [-0.05, 0) is 59.0 Å². The van der Waals surface area contributed by atoms with Crippen LogP contribution in [0.1, 0.15) is 11.1 Å². The molecule has 0 aliphatic carbocycles. The zero-order chi connectivity index (χ0) is 26.2. The largest absolute Gasteiger partial charge is 0.492 e. The number of benzene rings is 3. The van der Waals surface area contributed by atoms with Crippen LogP contribution in [0, 0.1) is 0 Å². The average Bonchev–Trinajstić information content (AvgIpc) is 3.49. The number of hydrogen-bond donors (Lipinski definition) is 4. The lowest BCUT2D eigenvalue weighted by molar-refractivity contribution is 0.256. The Labute approximate surface area is 215 Å². The quantitative estimate of drug-likeness (QED) is 0.257. The summed E-state index contributed by atoms with van der Waals surface area (Å²) in [7, 11) is -7.55. The Morgan fingerprint density at radius 1 is 1.03 bits per heavy atom. The van der Waals surface area contributed by atoms with Gasteiger partial charge in [0, 0.05) is 35.2 Å². The van der Waals surface area contributed by atoms with E-state index in [-0.39, 0.29) is 11.5 Å². The third-order valence-electron chi connectivity index (χ3n) is 6.22. The fraction of sp³-hybridized carbons (Fsp3) is 0.231. The molecule has 1 aliphatic heterocycles. The smallest absolute Gasteiger partial charge is 0.244 e. The van der Waals surface area contributed by atoms with E-state index in [2.05, 4.69) is 14.4 Å². The first-order valence-corrected chi connectivity index (χ1v) is 15.1. The van der Waals surface area contributed by atoms with E-state index in [1.165, 1.54) is 6.07 Å². The van der Waals surface area contributed by atoms with Gasteiger partial charge in [-0.15, -0.1) is 0 Å². The maximum absolute atomic E-state index is 13.6. The van der Waals surface area contributed by atoms with Gasteiger partial charge in [0.15, 0.2) is 0 Å². The molecule has 0 amide bonds. The molecule has 4 N–H and O–H groups in total. The van der Waals surface area contributed by atoms with Crippen molar-refractivity contribution >= 4 is 36.6 Å². The Kier molecular flexibility index (Phi) is 6.71. The molecular formula is C26H27N3O6S2. The molecule has 0 unspecified atom stereocenters. The fourth-order valence-electron chi connectivity index (χ4n) is 4.61. The predicted octanol–water partition coefficient (Wildman–Crippen LogP) is 3.02. The third kappa shape index (κ3) is 5.49. The highest BCUT2D eigenvalue weighted by atomic mass is 32.2. The lowest BCUT2D eigenvalue weighted by atomic mass is 10.0. The zero-order valence-electron chi connectivity index (χ0n) is 20.1. The number of aliphatic hydroxyl groups is 1. The first-order valence-electron chi connectivity index (χ1n) is 11.7. The summed E-state index contributed by atoms with van der Waals surface area (Å²) in [5, 5.41) is 11.0. The van der Waals surface area contributed by atoms with Crippen LogP contribution in [0.4, 0.5) is 5.69 Å². The molecule has 1 atom stereocenters. The van der Waals surface area contributed by atoms with Gasteiger partial charge in [-0.25, -0.2) is 21.6 Å². The highest BCUT2D eigenvalue weighted by Gasteiger charge is 2.29. The lowest BCUT2D eigenvalue weighted by Crippen LogP contribution is -2.39. The van der Waals surface area contributed by atoms with E-state index in [0.29, 0.717) is 42.0 Å². The minimum Gasteiger partial charge on any atom is -0.492 e. The number of sulfonamides is 2. The molecule has 0 radical (unpaired) electrons. The average molecular weight is 542 g/mol. The van der Waals surface area contributed by atoms with Gasteiger partial charge in [0.2, 0.25) is 20.0 Å². The predicted molar refractivity (Wildman–Crippen MR) is 143 cm³/mol. The molecule has 2 heterocycles. The van der Waals surface area contributed by atoms with Crippen molar-refractivity contribution in [2.24, 2.45) is 0 Å². The van der Waals surface area contributed by atoms with Crippen molar-refractivity contribution in [1.82, 2.24) is 9.71 Å². The Hall–Kier alpha value is -3.38. The second-order valence-electron chi connectivity index (χ2n) is 9.08. The summed E-state index contributed by atoms with van der Waals surface area (Å²) in [5.41, 5.74) is 4.21. The third-order valence-corrected chi connectivity index (χ3v) is 8.35. The summed E-state index contributed by atoms with van der Waals surface area (Å²) in [6, 6.07) is 17.1. The highest BCUT2D eigenvalue weighted by molar-refractivity contribution is 7.92. The SMILES string of the molecule is CS(=O)(=O)Nc1cccc(-c2cc3c(c(S(=O)(=O)N[C@@H](CO)Cc4c[nH]c5ccccc45)c2)OCC3)c1. The van der Waals surface area contributed by atoms with Gasteiger partial charge in [-0.3, -0.25) is 4.72 Å². The molecule has 0 bridgehead atoms. The summed E-state index contributed by atoms with van der Waals surface area (Å²) < 4.78 is 61.3. The van der Waals surface area contributed by atoms with Gasteiger partial charge in [-0.2, -0.15) is 0 Å². The van der Waals surface area contributed by atoms with Gasteiger partial charge >= 0.3 is 0 Å². The maximum atomic E-state index is 13.6. The number of para-hydroxylation sites is 1. The molecular weight excluding hydrogens is 514 g/mol. The molecule has 37 heavy (non-hydrogen) atoms. The normalized spacial score (nSPS) is 14.3. The Morgan fingerprint density at radius 3 is 2.62 bits per heavy atom. The molecule has 194 valence electrons. The number of nitrogens with one attached hydrogen (secondary N) is 3. The first kappa shape index (κ1) is 25.3. The van der Waals surface area contributed by atoms with Crippen LogP contribution in [-0.4, -0.2) is 52.4 Å². The molecule has 0 saturated carbocycles. The van der Waals surface area contributed by atoms with Crippen molar-refractivity contribution in [2.45, 2.75) is 23.8 Å². The van der Waals surface area contributed by atoms with E-state index >= 15 is 0 Å². The molecule has 0 saturated heterocycles. The second-order valence-corrected chi connectivity index (χ2v) is 12.5. The van der Waals surface area contributed by atoms with Gasteiger partial charge < -0.3 is 14.8 Å². The Balaban J connectivity index is 1.48. The van der Waals surface area contributed by atoms with Crippen molar-refractivity contribution in [3.8, 4) is 16.9 Å². The summed E-state index contributed by atoms with van der Waals surface area (Å²) >= 11 is 0. The number of ether oxygens (including phenoxy) is 1. The highest BCUT2D eigenvalue weighted by Crippen LogP contribution is 2.38. The van der Waals surface area contributed by atoms with Crippen molar-refractivity contribution in [1.29, 1.82) is 0 Å². The van der Waals surface area contributed by atoms with Crippen molar-refractivity contribution in [3.63, 3.8) is 0 Å². The number of H-pyrrole nitrogens is 1. The van der Waals surface area contributed by atoms with Crippen LogP contribution in [0.3, 0.4) is 0 Å². The number of fused-ring (bicyclic) bond motifs is 2. The van der Waals surface area contributed by atoms with E-state index < -0.39 is 26.1 Å². The summed E-state index contributed by atoms with van der Waals surface area (Å²) in [6.07, 6.45) is 3.73. The molecule has 0 spiro atoms.